The largest absolute Gasteiger partial charge is 0.459 e. The molecule has 0 radical (unpaired) electrons. The van der Waals surface area contributed by atoms with Gasteiger partial charge in [-0.05, 0) is 71.4 Å². The molecule has 1 saturated carbocycles. The third-order valence-corrected chi connectivity index (χ3v) is 8.70. The molecule has 0 spiro atoms. The van der Waals surface area contributed by atoms with E-state index in [2.05, 4.69) is 15.5 Å². The van der Waals surface area contributed by atoms with Crippen LogP contribution in [0.1, 0.15) is 97.4 Å². The normalized spacial score (nSPS) is 24.8. The van der Waals surface area contributed by atoms with E-state index in [0.29, 0.717) is 31.0 Å². The minimum atomic E-state index is -0.498. The summed E-state index contributed by atoms with van der Waals surface area (Å²) in [5, 5.41) is 6.35. The first kappa shape index (κ1) is 28.1. The molecule has 5 rings (SSSR count). The maximum Gasteiger partial charge on any atom is 0.320 e. The van der Waals surface area contributed by atoms with Gasteiger partial charge in [0.2, 0.25) is 0 Å². The number of fused-ring (bicyclic) bond motifs is 3. The number of nitrogens with zero attached hydrogens (tertiary/aromatic N) is 3. The van der Waals surface area contributed by atoms with Crippen LogP contribution in [0, 0.1) is 0 Å². The van der Waals surface area contributed by atoms with Crippen LogP contribution in [-0.2, 0) is 9.53 Å². The smallest absolute Gasteiger partial charge is 0.320 e. The van der Waals surface area contributed by atoms with Gasteiger partial charge in [-0.15, -0.1) is 0 Å². The Kier molecular flexibility index (Phi) is 8.92. The van der Waals surface area contributed by atoms with Gasteiger partial charge in [0.25, 0.3) is 5.56 Å². The number of esters is 1. The molecule has 39 heavy (non-hydrogen) atoms. The van der Waals surface area contributed by atoms with Crippen molar-refractivity contribution in [3.8, 4) is 0 Å². The monoisotopic (exact) mass is 537 g/mol. The van der Waals surface area contributed by atoms with Crippen molar-refractivity contribution >= 4 is 22.8 Å². The summed E-state index contributed by atoms with van der Waals surface area (Å²) < 4.78 is 7.38. The number of rotatable bonds is 8. The molecule has 1 aromatic heterocycles. The summed E-state index contributed by atoms with van der Waals surface area (Å²) in [6.45, 7) is 6.73. The van der Waals surface area contributed by atoms with E-state index in [1.165, 1.54) is 57.8 Å². The van der Waals surface area contributed by atoms with E-state index in [1.807, 2.05) is 49.6 Å². The lowest BCUT2D eigenvalue weighted by Gasteiger charge is -2.45. The number of nitrogens with one attached hydrogen (secondary N) is 2. The zero-order valence-corrected chi connectivity index (χ0v) is 24.1. The Morgan fingerprint density at radius 2 is 1.59 bits per heavy atom. The molecule has 8 heteroatoms. The molecule has 2 aromatic rings. The van der Waals surface area contributed by atoms with Crippen LogP contribution in [0.4, 0.5) is 5.82 Å². The van der Waals surface area contributed by atoms with Gasteiger partial charge in [0.05, 0.1) is 17.6 Å². The van der Waals surface area contributed by atoms with Gasteiger partial charge < -0.3 is 19.9 Å². The van der Waals surface area contributed by atoms with Crippen molar-refractivity contribution in [3.63, 3.8) is 0 Å². The molecule has 2 bridgehead atoms. The molecule has 2 atom stereocenters. The third kappa shape index (κ3) is 6.83. The number of benzene rings is 1. The highest BCUT2D eigenvalue weighted by molar-refractivity contribution is 5.76. The van der Waals surface area contributed by atoms with Crippen molar-refractivity contribution in [2.75, 3.05) is 25.0 Å². The second-order valence-corrected chi connectivity index (χ2v) is 12.8. The summed E-state index contributed by atoms with van der Waals surface area (Å²) in [6, 6.07) is 10.1. The molecule has 8 nitrogen and oxygen atoms in total. The summed E-state index contributed by atoms with van der Waals surface area (Å²) in [6.07, 6.45) is 14.1. The summed E-state index contributed by atoms with van der Waals surface area (Å²) >= 11 is 0. The lowest BCUT2D eigenvalue weighted by atomic mass is 9.89. The van der Waals surface area contributed by atoms with Crippen LogP contribution in [0.5, 0.6) is 0 Å². The molecule has 3 aliphatic rings. The van der Waals surface area contributed by atoms with Crippen molar-refractivity contribution < 1.29 is 9.53 Å². The average Bonchev–Trinajstić information content (AvgIpc) is 3.11. The molecule has 2 aliphatic heterocycles. The Morgan fingerprint density at radius 3 is 2.28 bits per heavy atom. The molecule has 3 fully saturated rings. The molecule has 3 heterocycles. The van der Waals surface area contributed by atoms with Crippen LogP contribution in [-0.4, -0.2) is 63.8 Å². The van der Waals surface area contributed by atoms with Crippen LogP contribution < -0.4 is 16.2 Å². The Morgan fingerprint density at radius 1 is 0.923 bits per heavy atom. The van der Waals surface area contributed by atoms with E-state index in [4.69, 9.17) is 9.72 Å². The van der Waals surface area contributed by atoms with E-state index < -0.39 is 5.60 Å². The van der Waals surface area contributed by atoms with Gasteiger partial charge in [-0.2, -0.15) is 0 Å². The van der Waals surface area contributed by atoms with Gasteiger partial charge >= 0.3 is 5.97 Å². The van der Waals surface area contributed by atoms with Crippen LogP contribution in [0.15, 0.2) is 29.1 Å². The van der Waals surface area contributed by atoms with E-state index in [0.717, 1.165) is 29.9 Å². The first-order chi connectivity index (χ1) is 18.8. The van der Waals surface area contributed by atoms with Crippen LogP contribution in [0.3, 0.4) is 0 Å². The standard InChI is InChI=1S/C31H47N5O3/c1-31(2,3)39-28(37)21-32-17-18-33-29-30(38)36(27-14-10-9-13-26(27)34-29)25-19-23-15-16-24(20-25)35(23)22-11-7-5-4-6-8-12-22/h9-10,13-14,22-25,32H,4-8,11-12,15-21H2,1-3H3,(H,33,34). The second-order valence-electron chi connectivity index (χ2n) is 12.8. The number of hydrogen-bond acceptors (Lipinski definition) is 7. The Balaban J connectivity index is 1.28. The first-order valence-corrected chi connectivity index (χ1v) is 15.3. The highest BCUT2D eigenvalue weighted by atomic mass is 16.6. The van der Waals surface area contributed by atoms with Crippen molar-refractivity contribution in [1.82, 2.24) is 19.8 Å². The maximum atomic E-state index is 13.8. The summed E-state index contributed by atoms with van der Waals surface area (Å²) in [4.78, 5) is 33.4. The molecule has 2 N–H and O–H groups in total. The SMILES string of the molecule is CC(C)(C)OC(=O)CNCCNc1nc2ccccc2n(C2CC3CCC(C2)N3C2CCCCCCC2)c1=O. The van der Waals surface area contributed by atoms with Gasteiger partial charge in [-0.3, -0.25) is 14.5 Å². The predicted octanol–water partition coefficient (Wildman–Crippen LogP) is 5.02. The maximum absolute atomic E-state index is 13.8. The molecule has 2 saturated heterocycles. The van der Waals surface area contributed by atoms with Gasteiger partial charge in [0.1, 0.15) is 5.60 Å². The van der Waals surface area contributed by atoms with Crippen molar-refractivity contribution in [1.29, 1.82) is 0 Å². The number of carbonyl (C=O) groups is 1. The molecule has 1 aliphatic carbocycles. The fraction of sp³-hybridized carbons (Fsp3) is 0.710. The van der Waals surface area contributed by atoms with E-state index in [-0.39, 0.29) is 24.1 Å². The minimum Gasteiger partial charge on any atom is -0.459 e. The Bertz CT molecular complexity index is 1170. The second kappa shape index (κ2) is 12.4. The third-order valence-electron chi connectivity index (χ3n) is 8.70. The van der Waals surface area contributed by atoms with Gasteiger partial charge in [-0.25, -0.2) is 4.98 Å². The van der Waals surface area contributed by atoms with Crippen LogP contribution in [0.25, 0.3) is 11.0 Å². The number of ether oxygens (including phenoxy) is 1. The summed E-state index contributed by atoms with van der Waals surface area (Å²) in [5.41, 5.74) is 1.24. The fourth-order valence-corrected chi connectivity index (χ4v) is 7.19. The van der Waals surface area contributed by atoms with E-state index >= 15 is 0 Å². The number of piperidine rings is 1. The first-order valence-electron chi connectivity index (χ1n) is 15.3. The molecule has 214 valence electrons. The van der Waals surface area contributed by atoms with E-state index in [1.54, 1.807) is 0 Å². The van der Waals surface area contributed by atoms with Gasteiger partial charge in [0, 0.05) is 37.3 Å². The molecular formula is C31H47N5O3. The van der Waals surface area contributed by atoms with Gasteiger partial charge in [-0.1, -0.05) is 44.2 Å². The quantitative estimate of drug-likeness (QED) is 0.361. The number of aromatic nitrogens is 2. The summed E-state index contributed by atoms with van der Waals surface area (Å²) in [7, 11) is 0. The molecule has 1 aromatic carbocycles. The minimum absolute atomic E-state index is 0.0374. The van der Waals surface area contributed by atoms with Gasteiger partial charge in [0.15, 0.2) is 5.82 Å². The molecule has 2 unspecified atom stereocenters. The zero-order chi connectivity index (χ0) is 27.4. The highest BCUT2D eigenvalue weighted by Crippen LogP contribution is 2.44. The highest BCUT2D eigenvalue weighted by Gasteiger charge is 2.44. The van der Waals surface area contributed by atoms with Crippen LogP contribution >= 0.6 is 0 Å². The number of para-hydroxylation sites is 2. The topological polar surface area (TPSA) is 88.5 Å². The number of hydrogen-bond donors (Lipinski definition) is 2. The molecular weight excluding hydrogens is 490 g/mol. The van der Waals surface area contributed by atoms with Crippen molar-refractivity contribution in [3.05, 3.63) is 34.6 Å². The Hall–Kier alpha value is -2.45. The lowest BCUT2D eigenvalue weighted by Crippen LogP contribution is -2.50. The Labute approximate surface area is 232 Å². The number of carbonyl (C=O) groups excluding carboxylic acids is 1. The van der Waals surface area contributed by atoms with E-state index in [9.17, 15) is 9.59 Å². The fourth-order valence-electron chi connectivity index (χ4n) is 7.19. The lowest BCUT2D eigenvalue weighted by molar-refractivity contribution is -0.153. The van der Waals surface area contributed by atoms with Crippen LogP contribution in [0.2, 0.25) is 0 Å². The van der Waals surface area contributed by atoms with Crippen molar-refractivity contribution in [2.24, 2.45) is 0 Å². The zero-order valence-electron chi connectivity index (χ0n) is 24.1. The number of anilines is 1. The summed E-state index contributed by atoms with van der Waals surface area (Å²) in [5.74, 6) is 0.108. The predicted molar refractivity (Wildman–Crippen MR) is 156 cm³/mol. The molecule has 0 amide bonds. The average molecular weight is 538 g/mol. The van der Waals surface area contributed by atoms with Crippen molar-refractivity contribution in [2.45, 2.75) is 121 Å².